The molecule has 0 unspecified atom stereocenters. The summed E-state index contributed by atoms with van der Waals surface area (Å²) in [6, 6.07) is 11.8. The smallest absolute Gasteiger partial charge is 0.0585 e. The summed E-state index contributed by atoms with van der Waals surface area (Å²) in [7, 11) is 0. The maximum absolute atomic E-state index is 9.02. The molecule has 2 rings (SSSR count). The Morgan fingerprint density at radius 2 is 2.00 bits per heavy atom. The van der Waals surface area contributed by atoms with Crippen LogP contribution in [0, 0.1) is 0 Å². The standard InChI is InChI=1S/C14H16N2O/c15-13(10-17)8-11-4-1-2-6-14(11)12-5-3-7-16-9-12/h1-7,9,13,17H,8,10,15H2/t13-/m0/s1. The fourth-order valence-electron chi connectivity index (χ4n) is 1.85. The maximum atomic E-state index is 9.02. The van der Waals surface area contributed by atoms with Crippen LogP contribution >= 0.6 is 0 Å². The van der Waals surface area contributed by atoms with Crippen LogP contribution in [-0.4, -0.2) is 22.7 Å². The maximum Gasteiger partial charge on any atom is 0.0585 e. The number of aliphatic hydroxyl groups excluding tert-OH is 1. The van der Waals surface area contributed by atoms with Gasteiger partial charge in [-0.3, -0.25) is 4.98 Å². The molecule has 1 atom stereocenters. The fraction of sp³-hybridized carbons (Fsp3) is 0.214. The molecule has 0 radical (unpaired) electrons. The molecular weight excluding hydrogens is 212 g/mol. The quantitative estimate of drug-likeness (QED) is 0.835. The Labute approximate surface area is 101 Å². The molecule has 1 heterocycles. The summed E-state index contributed by atoms with van der Waals surface area (Å²) >= 11 is 0. The molecule has 0 saturated carbocycles. The van der Waals surface area contributed by atoms with E-state index in [9.17, 15) is 0 Å². The molecule has 0 aliphatic carbocycles. The zero-order valence-corrected chi connectivity index (χ0v) is 9.58. The average Bonchev–Trinajstić information content (AvgIpc) is 2.40. The van der Waals surface area contributed by atoms with Gasteiger partial charge in [-0.25, -0.2) is 0 Å². The van der Waals surface area contributed by atoms with E-state index in [-0.39, 0.29) is 12.6 Å². The second-order valence-electron chi connectivity index (χ2n) is 4.05. The normalized spacial score (nSPS) is 12.4. The van der Waals surface area contributed by atoms with Crippen molar-refractivity contribution in [2.24, 2.45) is 5.73 Å². The van der Waals surface area contributed by atoms with Gasteiger partial charge in [0.05, 0.1) is 6.61 Å². The Kier molecular flexibility index (Phi) is 3.85. The molecule has 0 spiro atoms. The van der Waals surface area contributed by atoms with Gasteiger partial charge >= 0.3 is 0 Å². The largest absolute Gasteiger partial charge is 0.395 e. The van der Waals surface area contributed by atoms with Gasteiger partial charge in [0.15, 0.2) is 0 Å². The predicted octanol–water partition coefficient (Wildman–Crippen LogP) is 1.61. The van der Waals surface area contributed by atoms with Crippen LogP contribution in [0.1, 0.15) is 5.56 Å². The number of hydrogen-bond donors (Lipinski definition) is 2. The number of rotatable bonds is 4. The van der Waals surface area contributed by atoms with Crippen LogP contribution in [0.5, 0.6) is 0 Å². The highest BCUT2D eigenvalue weighted by molar-refractivity contribution is 5.66. The predicted molar refractivity (Wildman–Crippen MR) is 68.4 cm³/mol. The Morgan fingerprint density at radius 1 is 1.18 bits per heavy atom. The first-order valence-electron chi connectivity index (χ1n) is 5.66. The van der Waals surface area contributed by atoms with Crippen LogP contribution in [0.2, 0.25) is 0 Å². The van der Waals surface area contributed by atoms with Crippen molar-refractivity contribution in [3.8, 4) is 11.1 Å². The van der Waals surface area contributed by atoms with Gasteiger partial charge < -0.3 is 10.8 Å². The summed E-state index contributed by atoms with van der Waals surface area (Å²) in [6.45, 7) is 0.00136. The minimum Gasteiger partial charge on any atom is -0.395 e. The second kappa shape index (κ2) is 5.57. The third-order valence-corrected chi connectivity index (χ3v) is 2.71. The summed E-state index contributed by atoms with van der Waals surface area (Å²) < 4.78 is 0. The molecule has 0 amide bonds. The van der Waals surface area contributed by atoms with Crippen LogP contribution < -0.4 is 5.73 Å². The molecule has 0 aliphatic rings. The lowest BCUT2D eigenvalue weighted by Gasteiger charge is -2.12. The van der Waals surface area contributed by atoms with E-state index in [0.29, 0.717) is 6.42 Å². The summed E-state index contributed by atoms with van der Waals surface area (Å²) in [4.78, 5) is 4.12. The van der Waals surface area contributed by atoms with Gasteiger partial charge in [-0.15, -0.1) is 0 Å². The molecule has 17 heavy (non-hydrogen) atoms. The van der Waals surface area contributed by atoms with Crippen LogP contribution in [0.15, 0.2) is 48.8 Å². The number of aliphatic hydroxyl groups is 1. The van der Waals surface area contributed by atoms with E-state index < -0.39 is 0 Å². The summed E-state index contributed by atoms with van der Waals surface area (Å²) in [5.41, 5.74) is 9.13. The molecule has 1 aromatic carbocycles. The molecule has 3 heteroatoms. The summed E-state index contributed by atoms with van der Waals surface area (Å²) in [5, 5.41) is 9.02. The number of nitrogens with zero attached hydrogens (tertiary/aromatic N) is 1. The van der Waals surface area contributed by atoms with Gasteiger partial charge in [0.1, 0.15) is 0 Å². The SMILES string of the molecule is N[C@H](CO)Cc1ccccc1-c1cccnc1. The molecule has 88 valence electrons. The third-order valence-electron chi connectivity index (χ3n) is 2.71. The Balaban J connectivity index is 2.34. The molecule has 0 fully saturated rings. The second-order valence-corrected chi connectivity index (χ2v) is 4.05. The molecule has 0 aliphatic heterocycles. The molecule has 2 aromatic rings. The summed E-state index contributed by atoms with van der Waals surface area (Å²) in [6.07, 6.45) is 4.26. The Bertz CT molecular complexity index is 471. The molecule has 3 N–H and O–H groups in total. The van der Waals surface area contributed by atoms with E-state index in [4.69, 9.17) is 10.8 Å². The minimum atomic E-state index is -0.215. The number of nitrogens with two attached hydrogens (primary N) is 1. The van der Waals surface area contributed by atoms with Gasteiger partial charge in [0, 0.05) is 24.0 Å². The lowest BCUT2D eigenvalue weighted by Crippen LogP contribution is -2.27. The Hall–Kier alpha value is -1.71. The van der Waals surface area contributed by atoms with E-state index in [1.165, 1.54) is 0 Å². The molecular formula is C14H16N2O. The summed E-state index contributed by atoms with van der Waals surface area (Å²) in [5.74, 6) is 0. The van der Waals surface area contributed by atoms with E-state index in [1.807, 2.05) is 36.5 Å². The van der Waals surface area contributed by atoms with Gasteiger partial charge in [-0.05, 0) is 23.6 Å². The fourth-order valence-corrected chi connectivity index (χ4v) is 1.85. The van der Waals surface area contributed by atoms with E-state index in [2.05, 4.69) is 11.1 Å². The molecule has 3 nitrogen and oxygen atoms in total. The zero-order valence-electron chi connectivity index (χ0n) is 9.58. The van der Waals surface area contributed by atoms with Crippen molar-refractivity contribution < 1.29 is 5.11 Å². The highest BCUT2D eigenvalue weighted by Gasteiger charge is 2.08. The zero-order chi connectivity index (χ0) is 12.1. The third kappa shape index (κ3) is 2.90. The van der Waals surface area contributed by atoms with Crippen LogP contribution in [0.4, 0.5) is 0 Å². The molecule has 1 aromatic heterocycles. The van der Waals surface area contributed by atoms with Crippen molar-refractivity contribution in [1.29, 1.82) is 0 Å². The Morgan fingerprint density at radius 3 is 2.71 bits per heavy atom. The average molecular weight is 228 g/mol. The number of aromatic nitrogens is 1. The molecule has 0 bridgehead atoms. The highest BCUT2D eigenvalue weighted by atomic mass is 16.3. The van der Waals surface area contributed by atoms with E-state index >= 15 is 0 Å². The van der Waals surface area contributed by atoms with E-state index in [1.54, 1.807) is 6.20 Å². The van der Waals surface area contributed by atoms with Crippen molar-refractivity contribution in [2.75, 3.05) is 6.61 Å². The first-order chi connectivity index (χ1) is 8.31. The van der Waals surface area contributed by atoms with Gasteiger partial charge in [0.25, 0.3) is 0 Å². The van der Waals surface area contributed by atoms with Crippen LogP contribution in [0.25, 0.3) is 11.1 Å². The van der Waals surface area contributed by atoms with Crippen molar-refractivity contribution in [3.05, 3.63) is 54.4 Å². The van der Waals surface area contributed by atoms with Crippen molar-refractivity contribution >= 4 is 0 Å². The lowest BCUT2D eigenvalue weighted by molar-refractivity contribution is 0.265. The number of benzene rings is 1. The minimum absolute atomic E-state index is 0.00136. The van der Waals surface area contributed by atoms with Gasteiger partial charge in [-0.2, -0.15) is 0 Å². The van der Waals surface area contributed by atoms with Gasteiger partial charge in [-0.1, -0.05) is 30.3 Å². The van der Waals surface area contributed by atoms with Crippen LogP contribution in [-0.2, 0) is 6.42 Å². The first kappa shape index (κ1) is 11.8. The van der Waals surface area contributed by atoms with Gasteiger partial charge in [0.2, 0.25) is 0 Å². The van der Waals surface area contributed by atoms with Crippen molar-refractivity contribution in [1.82, 2.24) is 4.98 Å². The first-order valence-corrected chi connectivity index (χ1v) is 5.66. The monoisotopic (exact) mass is 228 g/mol. The van der Waals surface area contributed by atoms with Crippen molar-refractivity contribution in [3.63, 3.8) is 0 Å². The molecule has 0 saturated heterocycles. The van der Waals surface area contributed by atoms with Crippen molar-refractivity contribution in [2.45, 2.75) is 12.5 Å². The number of pyridine rings is 1. The lowest BCUT2D eigenvalue weighted by atomic mass is 9.96. The van der Waals surface area contributed by atoms with E-state index in [0.717, 1.165) is 16.7 Å². The van der Waals surface area contributed by atoms with Crippen LogP contribution in [0.3, 0.4) is 0 Å². The highest BCUT2D eigenvalue weighted by Crippen LogP contribution is 2.23. The topological polar surface area (TPSA) is 59.1 Å². The number of hydrogen-bond acceptors (Lipinski definition) is 3.